The van der Waals surface area contributed by atoms with Crippen molar-refractivity contribution < 1.29 is 14.1 Å². The number of nitrogens with one attached hydrogen (secondary N) is 1. The molecular weight excluding hydrogens is 341 g/mol. The van der Waals surface area contributed by atoms with Gasteiger partial charge in [0, 0.05) is 10.9 Å². The van der Waals surface area contributed by atoms with Gasteiger partial charge in [-0.25, -0.2) is 0 Å². The zero-order chi connectivity index (χ0) is 16.4. The van der Waals surface area contributed by atoms with Gasteiger partial charge < -0.3 is 14.6 Å². The highest BCUT2D eigenvalue weighted by molar-refractivity contribution is 6.35. The third-order valence-corrected chi connectivity index (χ3v) is 3.93. The van der Waals surface area contributed by atoms with Crippen LogP contribution in [0.2, 0.25) is 10.0 Å². The molecule has 1 amide bonds. The molecule has 0 bridgehead atoms. The molecule has 6 nitrogen and oxygen atoms in total. The Morgan fingerprint density at radius 1 is 1.48 bits per heavy atom. The van der Waals surface area contributed by atoms with E-state index < -0.39 is 0 Å². The minimum Gasteiger partial charge on any atom is -0.482 e. The zero-order valence-corrected chi connectivity index (χ0v) is 13.9. The summed E-state index contributed by atoms with van der Waals surface area (Å²) < 4.78 is 10.5. The predicted molar refractivity (Wildman–Crippen MR) is 84.8 cm³/mol. The molecule has 1 heterocycles. The Labute approximate surface area is 143 Å². The van der Waals surface area contributed by atoms with Crippen molar-refractivity contribution in [1.82, 2.24) is 15.5 Å². The molecule has 122 valence electrons. The maximum absolute atomic E-state index is 11.9. The monoisotopic (exact) mass is 355 g/mol. The van der Waals surface area contributed by atoms with Gasteiger partial charge in [-0.3, -0.25) is 4.79 Å². The normalized spacial score (nSPS) is 15.3. The summed E-state index contributed by atoms with van der Waals surface area (Å²) in [4.78, 5) is 16.2. The topological polar surface area (TPSA) is 77.2 Å². The lowest BCUT2D eigenvalue weighted by atomic mass is 10.3. The molecule has 0 saturated heterocycles. The molecule has 23 heavy (non-hydrogen) atoms. The van der Waals surface area contributed by atoms with Crippen LogP contribution < -0.4 is 10.1 Å². The lowest BCUT2D eigenvalue weighted by Gasteiger charge is -2.11. The van der Waals surface area contributed by atoms with E-state index in [1.807, 2.05) is 0 Å². The Balaban J connectivity index is 1.51. The smallest absolute Gasteiger partial charge is 0.258 e. The van der Waals surface area contributed by atoms with Crippen molar-refractivity contribution in [3.05, 3.63) is 40.0 Å². The SMILES string of the molecule is C[C@H](NC(=O)COc1ccc(Cl)cc1Cl)c1nc(C2CC2)no1. The molecular formula is C15H15Cl2N3O3. The molecule has 1 aliphatic carbocycles. The van der Waals surface area contributed by atoms with E-state index in [0.717, 1.165) is 12.8 Å². The Bertz CT molecular complexity index is 716. The molecule has 1 fully saturated rings. The van der Waals surface area contributed by atoms with Crippen LogP contribution in [0.25, 0.3) is 0 Å². The summed E-state index contributed by atoms with van der Waals surface area (Å²) >= 11 is 11.8. The van der Waals surface area contributed by atoms with Gasteiger partial charge in [0.05, 0.1) is 5.02 Å². The van der Waals surface area contributed by atoms with Crippen molar-refractivity contribution in [2.45, 2.75) is 31.7 Å². The van der Waals surface area contributed by atoms with Crippen LogP contribution in [0.3, 0.4) is 0 Å². The number of carbonyl (C=O) groups is 1. The van der Waals surface area contributed by atoms with Crippen LogP contribution in [0.15, 0.2) is 22.7 Å². The first kappa shape index (κ1) is 16.1. The number of rotatable bonds is 6. The standard InChI is InChI=1S/C15H15Cl2N3O3/c1-8(15-19-14(20-23-15)9-2-3-9)18-13(21)7-22-12-5-4-10(16)6-11(12)17/h4-6,8-9H,2-3,7H2,1H3,(H,18,21)/t8-/m0/s1. The number of hydrogen-bond donors (Lipinski definition) is 1. The van der Waals surface area contributed by atoms with Crippen molar-refractivity contribution in [2.75, 3.05) is 6.61 Å². The summed E-state index contributed by atoms with van der Waals surface area (Å²) in [5, 5.41) is 7.52. The zero-order valence-electron chi connectivity index (χ0n) is 12.4. The van der Waals surface area contributed by atoms with E-state index in [0.29, 0.717) is 33.4 Å². The van der Waals surface area contributed by atoms with Gasteiger partial charge in [0.25, 0.3) is 5.91 Å². The molecule has 1 saturated carbocycles. The second-order valence-electron chi connectivity index (χ2n) is 5.42. The van der Waals surface area contributed by atoms with E-state index in [-0.39, 0.29) is 18.6 Å². The van der Waals surface area contributed by atoms with E-state index in [2.05, 4.69) is 15.5 Å². The largest absolute Gasteiger partial charge is 0.482 e. The Morgan fingerprint density at radius 2 is 2.26 bits per heavy atom. The Hall–Kier alpha value is -1.79. The summed E-state index contributed by atoms with van der Waals surface area (Å²) in [5.41, 5.74) is 0. The van der Waals surface area contributed by atoms with E-state index >= 15 is 0 Å². The van der Waals surface area contributed by atoms with Gasteiger partial charge in [0.2, 0.25) is 5.89 Å². The van der Waals surface area contributed by atoms with Gasteiger partial charge in [-0.15, -0.1) is 0 Å². The van der Waals surface area contributed by atoms with Crippen molar-refractivity contribution in [2.24, 2.45) is 0 Å². The second kappa shape index (κ2) is 6.76. The molecule has 0 spiro atoms. The maximum Gasteiger partial charge on any atom is 0.258 e. The van der Waals surface area contributed by atoms with E-state index in [4.69, 9.17) is 32.5 Å². The maximum atomic E-state index is 11.9. The summed E-state index contributed by atoms with van der Waals surface area (Å²) in [7, 11) is 0. The number of ether oxygens (including phenoxy) is 1. The quantitative estimate of drug-likeness (QED) is 0.857. The van der Waals surface area contributed by atoms with Crippen LogP contribution in [0.4, 0.5) is 0 Å². The number of nitrogens with zero attached hydrogens (tertiary/aromatic N) is 2. The fourth-order valence-corrected chi connectivity index (χ4v) is 2.47. The van der Waals surface area contributed by atoms with Crippen LogP contribution in [0.1, 0.15) is 43.4 Å². The first-order chi connectivity index (χ1) is 11.0. The number of halogens is 2. The lowest BCUT2D eigenvalue weighted by molar-refractivity contribution is -0.123. The van der Waals surface area contributed by atoms with Gasteiger partial charge in [-0.05, 0) is 38.0 Å². The molecule has 1 aromatic heterocycles. The summed E-state index contributed by atoms with van der Waals surface area (Å²) in [5.74, 6) is 1.60. The average molecular weight is 356 g/mol. The molecule has 8 heteroatoms. The number of aromatic nitrogens is 2. The summed E-state index contributed by atoms with van der Waals surface area (Å²) in [6.45, 7) is 1.60. The number of hydrogen-bond acceptors (Lipinski definition) is 5. The first-order valence-electron chi connectivity index (χ1n) is 7.23. The van der Waals surface area contributed by atoms with Gasteiger partial charge in [-0.2, -0.15) is 4.98 Å². The van der Waals surface area contributed by atoms with Crippen molar-refractivity contribution in [3.8, 4) is 5.75 Å². The number of amides is 1. The number of carbonyl (C=O) groups excluding carboxylic acids is 1. The first-order valence-corrected chi connectivity index (χ1v) is 7.99. The predicted octanol–water partition coefficient (Wildman–Crippen LogP) is 3.51. The van der Waals surface area contributed by atoms with Crippen LogP contribution in [-0.2, 0) is 4.79 Å². The van der Waals surface area contributed by atoms with Crippen molar-refractivity contribution >= 4 is 29.1 Å². The molecule has 1 atom stereocenters. The van der Waals surface area contributed by atoms with Crippen LogP contribution in [0, 0.1) is 0 Å². The summed E-state index contributed by atoms with van der Waals surface area (Å²) in [6.07, 6.45) is 2.19. The highest BCUT2D eigenvalue weighted by Crippen LogP contribution is 2.38. The van der Waals surface area contributed by atoms with Crippen LogP contribution in [0.5, 0.6) is 5.75 Å². The van der Waals surface area contributed by atoms with Gasteiger partial charge in [0.15, 0.2) is 12.4 Å². The minimum atomic E-state index is -0.383. The molecule has 1 aromatic carbocycles. The molecule has 0 radical (unpaired) electrons. The second-order valence-corrected chi connectivity index (χ2v) is 6.26. The fraction of sp³-hybridized carbons (Fsp3) is 0.400. The van der Waals surface area contributed by atoms with Crippen LogP contribution >= 0.6 is 23.2 Å². The lowest BCUT2D eigenvalue weighted by Crippen LogP contribution is -2.31. The molecule has 0 unspecified atom stereocenters. The number of benzene rings is 1. The van der Waals surface area contributed by atoms with Crippen LogP contribution in [-0.4, -0.2) is 22.7 Å². The van der Waals surface area contributed by atoms with Gasteiger partial charge in [0.1, 0.15) is 11.8 Å². The molecule has 1 aliphatic rings. The van der Waals surface area contributed by atoms with Crippen molar-refractivity contribution in [3.63, 3.8) is 0 Å². The highest BCUT2D eigenvalue weighted by Gasteiger charge is 2.29. The third-order valence-electron chi connectivity index (χ3n) is 3.40. The van der Waals surface area contributed by atoms with E-state index in [1.165, 1.54) is 0 Å². The molecule has 2 aromatic rings. The average Bonchev–Trinajstić information content (AvgIpc) is 3.23. The highest BCUT2D eigenvalue weighted by atomic mass is 35.5. The Kier molecular flexibility index (Phi) is 4.73. The Morgan fingerprint density at radius 3 is 2.96 bits per heavy atom. The summed E-state index contributed by atoms with van der Waals surface area (Å²) in [6, 6.07) is 4.42. The van der Waals surface area contributed by atoms with E-state index in [1.54, 1.807) is 25.1 Å². The van der Waals surface area contributed by atoms with Crippen molar-refractivity contribution in [1.29, 1.82) is 0 Å². The fourth-order valence-electron chi connectivity index (χ4n) is 2.01. The molecule has 1 N–H and O–H groups in total. The molecule has 0 aliphatic heterocycles. The van der Waals surface area contributed by atoms with E-state index in [9.17, 15) is 4.79 Å². The minimum absolute atomic E-state index is 0.171. The molecule has 3 rings (SSSR count). The van der Waals surface area contributed by atoms with Gasteiger partial charge in [-0.1, -0.05) is 28.4 Å². The van der Waals surface area contributed by atoms with Gasteiger partial charge >= 0.3 is 0 Å². The third kappa shape index (κ3) is 4.14.